The normalized spacial score (nSPS) is 25.9. The van der Waals surface area contributed by atoms with Gasteiger partial charge in [-0.2, -0.15) is 4.89 Å². The smallest absolute Gasteiger partial charge is 0.404 e. The first-order chi connectivity index (χ1) is 12.5. The topological polar surface area (TPSA) is 113 Å². The van der Waals surface area contributed by atoms with Gasteiger partial charge in [0.2, 0.25) is 0 Å². The fraction of sp³-hybridized carbons (Fsp3) is 0.647. The molecule has 1 aromatic rings. The fourth-order valence-corrected chi connectivity index (χ4v) is 3.41. The van der Waals surface area contributed by atoms with E-state index in [9.17, 15) is 4.57 Å². The highest BCUT2D eigenvalue weighted by atomic mass is 31.2. The summed E-state index contributed by atoms with van der Waals surface area (Å²) in [6, 6.07) is 6.16. The number of methoxy groups -OCH3 is 2. The van der Waals surface area contributed by atoms with E-state index in [0.29, 0.717) is 18.8 Å². The van der Waals surface area contributed by atoms with E-state index in [4.69, 9.17) is 33.8 Å². The maximum absolute atomic E-state index is 11.2. The van der Waals surface area contributed by atoms with Gasteiger partial charge in [0, 0.05) is 25.2 Å². The Balaban J connectivity index is 2.40. The maximum atomic E-state index is 11.2. The minimum atomic E-state index is -4.70. The summed E-state index contributed by atoms with van der Waals surface area (Å²) >= 11 is 0. The number of rotatable bonds is 9. The number of hydrogen-bond donors (Lipinski definition) is 2. The van der Waals surface area contributed by atoms with E-state index in [0.717, 1.165) is 0 Å². The average molecular weight is 406 g/mol. The molecule has 27 heavy (non-hydrogen) atoms. The Bertz CT molecular complexity index is 679. The molecule has 0 aliphatic carbocycles. The molecule has 0 saturated carbocycles. The predicted molar refractivity (Wildman–Crippen MR) is 94.9 cm³/mol. The Kier molecular flexibility index (Phi) is 6.72. The van der Waals surface area contributed by atoms with Crippen LogP contribution in [0.1, 0.15) is 26.3 Å². The van der Waals surface area contributed by atoms with Crippen LogP contribution in [0.25, 0.3) is 0 Å². The quantitative estimate of drug-likeness (QED) is 0.362. The molecule has 154 valence electrons. The summed E-state index contributed by atoms with van der Waals surface area (Å²) in [7, 11) is -1.65. The van der Waals surface area contributed by atoms with Gasteiger partial charge in [-0.1, -0.05) is 32.9 Å². The number of ether oxygens (including phenoxy) is 3. The van der Waals surface area contributed by atoms with E-state index in [2.05, 4.69) is 4.52 Å². The van der Waals surface area contributed by atoms with Crippen molar-refractivity contribution >= 4 is 7.82 Å². The van der Waals surface area contributed by atoms with Crippen LogP contribution in [0, 0.1) is 5.41 Å². The lowest BCUT2D eigenvalue weighted by Gasteiger charge is -2.60. The van der Waals surface area contributed by atoms with Crippen molar-refractivity contribution in [2.75, 3.05) is 34.0 Å². The molecule has 10 heteroatoms. The molecule has 2 N–H and O–H groups in total. The van der Waals surface area contributed by atoms with Crippen LogP contribution in [0.5, 0.6) is 5.75 Å². The summed E-state index contributed by atoms with van der Waals surface area (Å²) < 4.78 is 32.3. The number of hydrogen-bond acceptors (Lipinski definition) is 7. The molecule has 1 aliphatic heterocycles. The third-order valence-electron chi connectivity index (χ3n) is 4.51. The van der Waals surface area contributed by atoms with Crippen LogP contribution in [0.4, 0.5) is 0 Å². The van der Waals surface area contributed by atoms with Gasteiger partial charge in [-0.15, -0.1) is 0 Å². The van der Waals surface area contributed by atoms with E-state index in [1.54, 1.807) is 19.2 Å². The van der Waals surface area contributed by atoms with Gasteiger partial charge in [0.05, 0.1) is 19.8 Å². The number of phosphoric acid groups is 1. The van der Waals surface area contributed by atoms with Gasteiger partial charge in [-0.25, -0.2) is 9.45 Å². The molecule has 1 heterocycles. The van der Waals surface area contributed by atoms with Crippen molar-refractivity contribution in [1.29, 1.82) is 0 Å². The van der Waals surface area contributed by atoms with Crippen molar-refractivity contribution in [2.45, 2.75) is 32.2 Å². The van der Waals surface area contributed by atoms with Gasteiger partial charge < -0.3 is 18.7 Å². The molecule has 1 fully saturated rings. The summed E-state index contributed by atoms with van der Waals surface area (Å²) in [4.78, 5) is 29.2. The van der Waals surface area contributed by atoms with Crippen LogP contribution in [0.3, 0.4) is 0 Å². The Morgan fingerprint density at radius 3 is 2.33 bits per heavy atom. The molecule has 1 aromatic carbocycles. The average Bonchev–Trinajstić information content (AvgIpc) is 2.52. The lowest BCUT2D eigenvalue weighted by atomic mass is 9.68. The van der Waals surface area contributed by atoms with Gasteiger partial charge in [-0.3, -0.25) is 9.79 Å². The van der Waals surface area contributed by atoms with E-state index in [1.807, 2.05) is 20.8 Å². The van der Waals surface area contributed by atoms with Gasteiger partial charge in [0.25, 0.3) is 5.79 Å². The van der Waals surface area contributed by atoms with Crippen LogP contribution >= 0.6 is 7.82 Å². The Hall–Kier alpha value is -1.03. The fourth-order valence-electron chi connectivity index (χ4n) is 3.02. The molecule has 9 nitrogen and oxygen atoms in total. The minimum absolute atomic E-state index is 0.0177. The lowest BCUT2D eigenvalue weighted by Crippen LogP contribution is -2.73. The zero-order valence-electron chi connectivity index (χ0n) is 16.1. The first kappa shape index (κ1) is 22.3. The molecular weight excluding hydrogens is 379 g/mol. The molecule has 0 radical (unpaired) electrons. The van der Waals surface area contributed by atoms with Crippen molar-refractivity contribution in [3.05, 3.63) is 29.8 Å². The highest BCUT2D eigenvalue weighted by Gasteiger charge is 2.72. The largest absolute Gasteiger partial charge is 0.524 e. The summed E-state index contributed by atoms with van der Waals surface area (Å²) in [5.41, 5.74) is -1.02. The molecule has 1 aliphatic rings. The van der Waals surface area contributed by atoms with E-state index in [-0.39, 0.29) is 12.4 Å². The highest BCUT2D eigenvalue weighted by Crippen LogP contribution is 2.58. The van der Waals surface area contributed by atoms with Crippen molar-refractivity contribution in [3.8, 4) is 5.75 Å². The second-order valence-electron chi connectivity index (χ2n) is 7.22. The van der Waals surface area contributed by atoms with Crippen LogP contribution in [-0.4, -0.2) is 49.4 Å². The van der Waals surface area contributed by atoms with Gasteiger partial charge >= 0.3 is 7.82 Å². The molecule has 2 rings (SSSR count). The zero-order chi connectivity index (χ0) is 20.3. The molecule has 0 bridgehead atoms. The third kappa shape index (κ3) is 4.36. The first-order valence-electron chi connectivity index (χ1n) is 8.36. The predicted octanol–water partition coefficient (Wildman–Crippen LogP) is 2.37. The molecule has 0 spiro atoms. The standard InChI is InChI=1S/C17H27O9P/c1-15(2,3)16(12-23-10-9-21-4)17(22-5,26-25-16)13-7-6-8-14(11-13)24-27(18,19)20/h6-8,11H,9-10,12H2,1-5H3,(H2,18,19,20). The SMILES string of the molecule is COCCOCC1(C(C)(C)C)OOC1(OC)c1cccc(OP(=O)(O)O)c1. The number of phosphoric ester groups is 1. The summed E-state index contributed by atoms with van der Waals surface area (Å²) in [6.45, 7) is 6.81. The van der Waals surface area contributed by atoms with E-state index >= 15 is 0 Å². The Labute approximate surface area is 158 Å². The Morgan fingerprint density at radius 1 is 1.15 bits per heavy atom. The molecular formula is C17H27O9P. The second-order valence-corrected chi connectivity index (χ2v) is 8.38. The van der Waals surface area contributed by atoms with Crippen LogP contribution in [0.15, 0.2) is 24.3 Å². The van der Waals surface area contributed by atoms with Gasteiger partial charge in [-0.05, 0) is 12.1 Å². The molecule has 2 unspecified atom stereocenters. The molecule has 1 saturated heterocycles. The summed E-state index contributed by atoms with van der Waals surface area (Å²) in [5.74, 6) is -1.37. The molecule has 2 atom stereocenters. The van der Waals surface area contributed by atoms with Gasteiger partial charge in [0.1, 0.15) is 5.75 Å². The maximum Gasteiger partial charge on any atom is 0.524 e. The lowest BCUT2D eigenvalue weighted by molar-refractivity contribution is -0.638. The van der Waals surface area contributed by atoms with Crippen LogP contribution < -0.4 is 4.52 Å². The molecule has 0 amide bonds. The van der Waals surface area contributed by atoms with Crippen molar-refractivity contribution < 1.29 is 42.9 Å². The van der Waals surface area contributed by atoms with Crippen molar-refractivity contribution in [3.63, 3.8) is 0 Å². The molecule has 0 aromatic heterocycles. The van der Waals surface area contributed by atoms with Crippen molar-refractivity contribution in [2.24, 2.45) is 5.41 Å². The van der Waals surface area contributed by atoms with E-state index < -0.39 is 24.6 Å². The second kappa shape index (κ2) is 8.14. The van der Waals surface area contributed by atoms with Crippen molar-refractivity contribution in [1.82, 2.24) is 0 Å². The third-order valence-corrected chi connectivity index (χ3v) is 4.96. The van der Waals surface area contributed by atoms with Crippen LogP contribution in [-0.2, 0) is 34.3 Å². The number of benzene rings is 1. The summed E-state index contributed by atoms with van der Waals surface area (Å²) in [5, 5.41) is 0. The Morgan fingerprint density at radius 2 is 1.85 bits per heavy atom. The zero-order valence-corrected chi connectivity index (χ0v) is 17.0. The first-order valence-corrected chi connectivity index (χ1v) is 9.89. The summed E-state index contributed by atoms with van der Waals surface area (Å²) in [6.07, 6.45) is 0. The monoisotopic (exact) mass is 406 g/mol. The minimum Gasteiger partial charge on any atom is -0.404 e. The van der Waals surface area contributed by atoms with E-state index in [1.165, 1.54) is 19.2 Å². The van der Waals surface area contributed by atoms with Crippen LogP contribution in [0.2, 0.25) is 0 Å². The highest BCUT2D eigenvalue weighted by molar-refractivity contribution is 7.46. The van der Waals surface area contributed by atoms with Gasteiger partial charge in [0.15, 0.2) is 5.60 Å².